The lowest BCUT2D eigenvalue weighted by molar-refractivity contribution is 0.0631. The molecule has 1 aliphatic heterocycles. The van der Waals surface area contributed by atoms with Crippen molar-refractivity contribution in [2.75, 3.05) is 6.54 Å². The quantitative estimate of drug-likeness (QED) is 0.727. The highest BCUT2D eigenvalue weighted by Crippen LogP contribution is 2.32. The Balaban J connectivity index is 1.72. The summed E-state index contributed by atoms with van der Waals surface area (Å²) in [5.41, 5.74) is 2.03. The second-order valence-corrected chi connectivity index (χ2v) is 6.20. The molecule has 1 unspecified atom stereocenters. The Hall–Kier alpha value is -3.09. The normalized spacial score (nSPS) is 16.4. The smallest absolute Gasteiger partial charge is 0.257 e. The summed E-state index contributed by atoms with van der Waals surface area (Å²) in [5.74, 6) is -2.02. The van der Waals surface area contributed by atoms with Gasteiger partial charge in [-0.05, 0) is 29.7 Å². The minimum absolute atomic E-state index is 0.130. The van der Waals surface area contributed by atoms with Crippen molar-refractivity contribution >= 4 is 5.91 Å². The molecule has 0 fully saturated rings. The van der Waals surface area contributed by atoms with Gasteiger partial charge in [0.15, 0.2) is 0 Å². The number of carbonyl (C=O) groups is 1. The number of amides is 1. The summed E-state index contributed by atoms with van der Waals surface area (Å²) < 4.78 is 29.0. The Bertz CT molecular complexity index is 942. The van der Waals surface area contributed by atoms with Crippen LogP contribution in [0.3, 0.4) is 0 Å². The number of fused-ring (bicyclic) bond motifs is 1. The average Bonchev–Trinajstić information content (AvgIpc) is 3.15. The molecule has 0 aliphatic carbocycles. The van der Waals surface area contributed by atoms with Crippen LogP contribution in [-0.4, -0.2) is 32.1 Å². The summed E-state index contributed by atoms with van der Waals surface area (Å²) >= 11 is 0. The molecule has 0 radical (unpaired) electrons. The number of hydrogen-bond donors (Lipinski definition) is 0. The van der Waals surface area contributed by atoms with Gasteiger partial charge in [0.1, 0.15) is 24.3 Å². The average molecular weight is 354 g/mol. The van der Waals surface area contributed by atoms with Crippen LogP contribution in [0.4, 0.5) is 8.78 Å². The van der Waals surface area contributed by atoms with Gasteiger partial charge in [-0.2, -0.15) is 5.10 Å². The summed E-state index contributed by atoms with van der Waals surface area (Å²) in [7, 11) is 0. The van der Waals surface area contributed by atoms with E-state index in [2.05, 4.69) is 10.1 Å². The van der Waals surface area contributed by atoms with E-state index in [1.54, 1.807) is 15.9 Å². The maximum atomic E-state index is 14.1. The summed E-state index contributed by atoms with van der Waals surface area (Å²) in [6.07, 6.45) is 3.69. The zero-order valence-electron chi connectivity index (χ0n) is 13.8. The predicted octanol–water partition coefficient (Wildman–Crippen LogP) is 3.00. The Morgan fingerprint density at radius 1 is 1.19 bits per heavy atom. The number of nitrogens with zero attached hydrogens (tertiary/aromatic N) is 4. The van der Waals surface area contributed by atoms with Crippen molar-refractivity contribution in [1.82, 2.24) is 19.7 Å². The second-order valence-electron chi connectivity index (χ2n) is 6.20. The predicted molar refractivity (Wildman–Crippen MR) is 90.3 cm³/mol. The van der Waals surface area contributed by atoms with E-state index in [9.17, 15) is 13.6 Å². The van der Waals surface area contributed by atoms with Crippen LogP contribution in [0, 0.1) is 11.6 Å². The Labute approximate surface area is 148 Å². The van der Waals surface area contributed by atoms with E-state index in [0.717, 1.165) is 23.3 Å². The second kappa shape index (κ2) is 6.67. The third-order valence-electron chi connectivity index (χ3n) is 4.66. The molecule has 1 aliphatic rings. The van der Waals surface area contributed by atoms with Crippen molar-refractivity contribution in [3.05, 3.63) is 83.4 Å². The maximum Gasteiger partial charge on any atom is 0.257 e. The SMILES string of the molecule is O=C(c1ccc(F)cc1F)N1CCc2ccccc2C1Cn1cncn1. The molecule has 5 nitrogen and oxygen atoms in total. The molecule has 26 heavy (non-hydrogen) atoms. The highest BCUT2D eigenvalue weighted by molar-refractivity contribution is 5.95. The zero-order valence-corrected chi connectivity index (χ0v) is 13.8. The molecular formula is C19H16F2N4O. The molecule has 1 amide bonds. The third kappa shape index (κ3) is 2.96. The fourth-order valence-corrected chi connectivity index (χ4v) is 3.41. The van der Waals surface area contributed by atoms with Gasteiger partial charge in [0, 0.05) is 12.6 Å². The van der Waals surface area contributed by atoms with Crippen LogP contribution < -0.4 is 0 Å². The van der Waals surface area contributed by atoms with Gasteiger partial charge in [0.25, 0.3) is 5.91 Å². The van der Waals surface area contributed by atoms with E-state index in [1.807, 2.05) is 24.3 Å². The molecule has 132 valence electrons. The highest BCUT2D eigenvalue weighted by Gasteiger charge is 2.32. The first-order valence-electron chi connectivity index (χ1n) is 8.30. The van der Waals surface area contributed by atoms with Crippen molar-refractivity contribution in [2.45, 2.75) is 19.0 Å². The van der Waals surface area contributed by atoms with Crippen molar-refractivity contribution in [3.8, 4) is 0 Å². The minimum Gasteiger partial charge on any atom is -0.329 e. The molecule has 2 heterocycles. The van der Waals surface area contributed by atoms with Crippen molar-refractivity contribution in [3.63, 3.8) is 0 Å². The number of hydrogen-bond acceptors (Lipinski definition) is 3. The molecule has 0 saturated carbocycles. The summed E-state index contributed by atoms with van der Waals surface area (Å²) in [4.78, 5) is 18.6. The van der Waals surface area contributed by atoms with Crippen LogP contribution in [0.25, 0.3) is 0 Å². The minimum atomic E-state index is -0.853. The number of carbonyl (C=O) groups excluding carboxylic acids is 1. The number of halogens is 2. The molecule has 1 aromatic heterocycles. The van der Waals surface area contributed by atoms with E-state index in [1.165, 1.54) is 12.4 Å². The summed E-state index contributed by atoms with van der Waals surface area (Å²) in [6.45, 7) is 0.859. The summed E-state index contributed by atoms with van der Waals surface area (Å²) in [6, 6.07) is 10.6. The van der Waals surface area contributed by atoms with Gasteiger partial charge in [-0.3, -0.25) is 9.48 Å². The van der Waals surface area contributed by atoms with Gasteiger partial charge in [-0.1, -0.05) is 24.3 Å². The fourth-order valence-electron chi connectivity index (χ4n) is 3.41. The van der Waals surface area contributed by atoms with Crippen LogP contribution in [0.15, 0.2) is 55.1 Å². The monoisotopic (exact) mass is 354 g/mol. The molecule has 2 aromatic carbocycles. The van der Waals surface area contributed by atoms with Crippen LogP contribution >= 0.6 is 0 Å². The van der Waals surface area contributed by atoms with E-state index >= 15 is 0 Å². The maximum absolute atomic E-state index is 14.1. The third-order valence-corrected chi connectivity index (χ3v) is 4.66. The topological polar surface area (TPSA) is 51.0 Å². The molecule has 0 saturated heterocycles. The lowest BCUT2D eigenvalue weighted by Gasteiger charge is -2.37. The summed E-state index contributed by atoms with van der Waals surface area (Å²) in [5, 5.41) is 4.12. The number of rotatable bonds is 3. The Morgan fingerprint density at radius 3 is 2.81 bits per heavy atom. The Kier molecular flexibility index (Phi) is 4.20. The number of aromatic nitrogens is 3. The molecule has 4 rings (SSSR count). The highest BCUT2D eigenvalue weighted by atomic mass is 19.1. The van der Waals surface area contributed by atoms with E-state index in [0.29, 0.717) is 19.5 Å². The van der Waals surface area contributed by atoms with Crippen LogP contribution in [0.2, 0.25) is 0 Å². The first-order chi connectivity index (χ1) is 12.6. The molecule has 0 bridgehead atoms. The first kappa shape index (κ1) is 16.4. The van der Waals surface area contributed by atoms with E-state index in [4.69, 9.17) is 0 Å². The van der Waals surface area contributed by atoms with Gasteiger partial charge in [-0.15, -0.1) is 0 Å². The van der Waals surface area contributed by atoms with Gasteiger partial charge < -0.3 is 4.90 Å². The lowest BCUT2D eigenvalue weighted by atomic mass is 9.92. The largest absolute Gasteiger partial charge is 0.329 e. The first-order valence-corrected chi connectivity index (χ1v) is 8.30. The molecule has 0 spiro atoms. The number of benzene rings is 2. The molecule has 3 aromatic rings. The Morgan fingerprint density at radius 2 is 2.04 bits per heavy atom. The van der Waals surface area contributed by atoms with E-state index in [-0.39, 0.29) is 11.6 Å². The van der Waals surface area contributed by atoms with Crippen LogP contribution in [0.1, 0.15) is 27.5 Å². The van der Waals surface area contributed by atoms with Gasteiger partial charge in [0.05, 0.1) is 18.2 Å². The molecule has 1 atom stereocenters. The molecule has 0 N–H and O–H groups in total. The van der Waals surface area contributed by atoms with Gasteiger partial charge in [-0.25, -0.2) is 13.8 Å². The zero-order chi connectivity index (χ0) is 18.1. The van der Waals surface area contributed by atoms with Crippen molar-refractivity contribution in [1.29, 1.82) is 0 Å². The van der Waals surface area contributed by atoms with Crippen molar-refractivity contribution in [2.24, 2.45) is 0 Å². The van der Waals surface area contributed by atoms with Gasteiger partial charge >= 0.3 is 0 Å². The van der Waals surface area contributed by atoms with Crippen LogP contribution in [-0.2, 0) is 13.0 Å². The lowest BCUT2D eigenvalue weighted by Crippen LogP contribution is -2.42. The van der Waals surface area contributed by atoms with E-state index < -0.39 is 17.5 Å². The van der Waals surface area contributed by atoms with Crippen LogP contribution in [0.5, 0.6) is 0 Å². The van der Waals surface area contributed by atoms with Crippen molar-refractivity contribution < 1.29 is 13.6 Å². The molecular weight excluding hydrogens is 338 g/mol. The van der Waals surface area contributed by atoms with Gasteiger partial charge in [0.2, 0.25) is 0 Å². The standard InChI is InChI=1S/C19H16F2N4O/c20-14-5-6-16(17(21)9-14)19(26)25-8-7-13-3-1-2-4-15(13)18(25)10-24-12-22-11-23-24/h1-6,9,11-12,18H,7-8,10H2. The fraction of sp³-hybridized carbons (Fsp3) is 0.211. The molecule has 7 heteroatoms.